The van der Waals surface area contributed by atoms with Crippen molar-refractivity contribution in [2.45, 2.75) is 63.4 Å². The molecule has 0 aromatic heterocycles. The lowest BCUT2D eigenvalue weighted by Crippen LogP contribution is -2.29. The van der Waals surface area contributed by atoms with Crippen LogP contribution in [0.2, 0.25) is 0 Å². The molecule has 0 radical (unpaired) electrons. The van der Waals surface area contributed by atoms with Gasteiger partial charge in [0.25, 0.3) is 0 Å². The first-order valence-electron chi connectivity index (χ1n) is 9.52. The van der Waals surface area contributed by atoms with Gasteiger partial charge in [-0.25, -0.2) is 10.7 Å². The van der Waals surface area contributed by atoms with Crippen molar-refractivity contribution in [1.82, 2.24) is 0 Å². The Morgan fingerprint density at radius 1 is 0.960 bits per heavy atom. The highest BCUT2D eigenvalue weighted by Crippen LogP contribution is 2.43. The van der Waals surface area contributed by atoms with Gasteiger partial charge in [0.1, 0.15) is 0 Å². The quantitative estimate of drug-likeness (QED) is 0.609. The number of rotatable bonds is 5. The first-order chi connectivity index (χ1) is 12.2. The van der Waals surface area contributed by atoms with E-state index in [1.54, 1.807) is 6.08 Å². The lowest BCUT2D eigenvalue weighted by molar-refractivity contribution is -0.131. The summed E-state index contributed by atoms with van der Waals surface area (Å²) in [7, 11) is 0. The molecule has 2 aliphatic carbocycles. The number of hydrogen-bond donors (Lipinski definition) is 2. The molecule has 0 heterocycles. The van der Waals surface area contributed by atoms with E-state index in [1.165, 1.54) is 50.2 Å². The fourth-order valence-electron chi connectivity index (χ4n) is 4.67. The van der Waals surface area contributed by atoms with E-state index in [1.807, 2.05) is 12.1 Å². The molecule has 2 fully saturated rings. The van der Waals surface area contributed by atoms with Crippen LogP contribution in [0.25, 0.3) is 6.08 Å². The smallest absolute Gasteiger partial charge is 0.328 e. The van der Waals surface area contributed by atoms with E-state index in [0.29, 0.717) is 5.92 Å². The van der Waals surface area contributed by atoms with Crippen molar-refractivity contribution in [3.8, 4) is 0 Å². The minimum atomic E-state index is -0.908. The van der Waals surface area contributed by atoms with E-state index >= 15 is 0 Å². The Balaban J connectivity index is 1.50. The van der Waals surface area contributed by atoms with Crippen LogP contribution in [0.4, 0.5) is 0 Å². The summed E-state index contributed by atoms with van der Waals surface area (Å²) >= 11 is 0. The fourth-order valence-corrected chi connectivity index (χ4v) is 4.67. The van der Waals surface area contributed by atoms with Crippen molar-refractivity contribution in [3.05, 3.63) is 41.5 Å². The molecule has 0 amide bonds. The SMILES string of the molecule is NOC1CCC(C2CCC(c3ccc(C=CC(=O)O)cc3)CC2)CC1. The van der Waals surface area contributed by atoms with Crippen LogP contribution in [0, 0.1) is 11.8 Å². The Kier molecular flexibility index (Phi) is 6.27. The average molecular weight is 343 g/mol. The van der Waals surface area contributed by atoms with E-state index in [2.05, 4.69) is 12.1 Å². The van der Waals surface area contributed by atoms with Gasteiger partial charge >= 0.3 is 5.97 Å². The maximum absolute atomic E-state index is 10.6. The predicted octanol–water partition coefficient (Wildman–Crippen LogP) is 4.51. The molecule has 0 saturated heterocycles. The summed E-state index contributed by atoms with van der Waals surface area (Å²) in [5, 5.41) is 8.69. The molecule has 4 nitrogen and oxygen atoms in total. The van der Waals surface area contributed by atoms with Crippen LogP contribution in [0.15, 0.2) is 30.3 Å². The van der Waals surface area contributed by atoms with Crippen LogP contribution >= 0.6 is 0 Å². The first kappa shape index (κ1) is 18.2. The highest BCUT2D eigenvalue weighted by atomic mass is 16.6. The van der Waals surface area contributed by atoms with Gasteiger partial charge < -0.3 is 9.94 Å². The molecule has 25 heavy (non-hydrogen) atoms. The van der Waals surface area contributed by atoms with Crippen molar-refractivity contribution >= 4 is 12.0 Å². The number of carbonyl (C=O) groups is 1. The number of carboxylic acid groups (broad SMARTS) is 1. The molecule has 0 spiro atoms. The van der Waals surface area contributed by atoms with Gasteiger partial charge in [0.05, 0.1) is 6.10 Å². The number of aliphatic carboxylic acids is 1. The molecule has 0 bridgehead atoms. The fraction of sp³-hybridized carbons (Fsp3) is 0.571. The number of nitrogens with two attached hydrogens (primary N) is 1. The van der Waals surface area contributed by atoms with E-state index in [4.69, 9.17) is 15.8 Å². The largest absolute Gasteiger partial charge is 0.478 e. The van der Waals surface area contributed by atoms with Crippen LogP contribution in [0.5, 0.6) is 0 Å². The van der Waals surface area contributed by atoms with Crippen molar-refractivity contribution in [2.24, 2.45) is 17.7 Å². The lowest BCUT2D eigenvalue weighted by atomic mass is 9.69. The Labute approximate surface area is 150 Å². The second-order valence-electron chi connectivity index (χ2n) is 7.62. The average Bonchev–Trinajstić information content (AvgIpc) is 2.67. The van der Waals surface area contributed by atoms with Gasteiger partial charge in [0.15, 0.2) is 0 Å². The van der Waals surface area contributed by atoms with E-state index in [9.17, 15) is 4.79 Å². The van der Waals surface area contributed by atoms with Crippen LogP contribution in [0.1, 0.15) is 68.4 Å². The Morgan fingerprint density at radius 3 is 2.04 bits per heavy atom. The molecule has 3 rings (SSSR count). The predicted molar refractivity (Wildman–Crippen MR) is 98.8 cm³/mol. The summed E-state index contributed by atoms with van der Waals surface area (Å²) < 4.78 is 0. The lowest BCUT2D eigenvalue weighted by Gasteiger charge is -2.37. The third-order valence-corrected chi connectivity index (χ3v) is 6.18. The van der Waals surface area contributed by atoms with Gasteiger partial charge in [-0.3, -0.25) is 0 Å². The van der Waals surface area contributed by atoms with Gasteiger partial charge in [0, 0.05) is 6.08 Å². The first-order valence-corrected chi connectivity index (χ1v) is 9.52. The molecule has 4 heteroatoms. The van der Waals surface area contributed by atoms with Gasteiger partial charge in [-0.15, -0.1) is 0 Å². The summed E-state index contributed by atoms with van der Waals surface area (Å²) in [4.78, 5) is 15.6. The molecular formula is C21H29NO3. The second-order valence-corrected chi connectivity index (χ2v) is 7.62. The highest BCUT2D eigenvalue weighted by molar-refractivity contribution is 5.85. The molecule has 0 atom stereocenters. The summed E-state index contributed by atoms with van der Waals surface area (Å²) in [6, 6.07) is 8.37. The minimum absolute atomic E-state index is 0.279. The zero-order valence-corrected chi connectivity index (χ0v) is 14.8. The minimum Gasteiger partial charge on any atom is -0.478 e. The topological polar surface area (TPSA) is 72.5 Å². The van der Waals surface area contributed by atoms with Gasteiger partial charge in [-0.2, -0.15) is 0 Å². The number of hydrogen-bond acceptors (Lipinski definition) is 3. The Bertz CT molecular complexity index is 580. The molecule has 1 aromatic rings. The summed E-state index contributed by atoms with van der Waals surface area (Å²) in [6.07, 6.45) is 13.1. The monoisotopic (exact) mass is 343 g/mol. The number of carboxylic acids is 1. The van der Waals surface area contributed by atoms with Gasteiger partial charge in [0.2, 0.25) is 0 Å². The summed E-state index contributed by atoms with van der Waals surface area (Å²) in [5.41, 5.74) is 2.34. The normalized spacial score (nSPS) is 30.4. The molecule has 1 aromatic carbocycles. The third-order valence-electron chi connectivity index (χ3n) is 6.18. The molecule has 0 aliphatic heterocycles. The van der Waals surface area contributed by atoms with Gasteiger partial charge in [-0.05, 0) is 86.3 Å². The third kappa shape index (κ3) is 4.93. The Morgan fingerprint density at radius 2 is 1.52 bits per heavy atom. The van der Waals surface area contributed by atoms with Crippen molar-refractivity contribution in [1.29, 1.82) is 0 Å². The molecule has 3 N–H and O–H groups in total. The summed E-state index contributed by atoms with van der Waals surface area (Å²) in [6.45, 7) is 0. The van der Waals surface area contributed by atoms with Crippen molar-refractivity contribution in [3.63, 3.8) is 0 Å². The van der Waals surface area contributed by atoms with Gasteiger partial charge in [-0.1, -0.05) is 24.3 Å². The Hall–Kier alpha value is -1.65. The molecule has 2 saturated carbocycles. The van der Waals surface area contributed by atoms with Crippen molar-refractivity contribution in [2.75, 3.05) is 0 Å². The summed E-state index contributed by atoms with van der Waals surface area (Å²) in [5.74, 6) is 6.79. The zero-order valence-electron chi connectivity index (χ0n) is 14.8. The van der Waals surface area contributed by atoms with E-state index < -0.39 is 5.97 Å². The molecular weight excluding hydrogens is 314 g/mol. The second kappa shape index (κ2) is 8.63. The van der Waals surface area contributed by atoms with Crippen LogP contribution < -0.4 is 5.90 Å². The standard InChI is InChI=1S/C21H29NO3/c22-25-20-12-10-19(11-13-20)18-8-6-17(7-9-18)16-4-1-15(2-5-16)3-14-21(23)24/h1-5,14,17-20H,6-13,22H2,(H,23,24). The highest BCUT2D eigenvalue weighted by Gasteiger charge is 2.31. The molecule has 136 valence electrons. The van der Waals surface area contributed by atoms with Crippen molar-refractivity contribution < 1.29 is 14.7 Å². The zero-order chi connectivity index (χ0) is 17.6. The number of benzene rings is 1. The molecule has 2 aliphatic rings. The maximum atomic E-state index is 10.6. The van der Waals surface area contributed by atoms with Crippen LogP contribution in [0.3, 0.4) is 0 Å². The van der Waals surface area contributed by atoms with Crippen LogP contribution in [-0.2, 0) is 9.63 Å². The van der Waals surface area contributed by atoms with Crippen LogP contribution in [-0.4, -0.2) is 17.2 Å². The molecule has 0 unspecified atom stereocenters. The maximum Gasteiger partial charge on any atom is 0.328 e. The van der Waals surface area contributed by atoms with E-state index in [-0.39, 0.29) is 6.10 Å². The van der Waals surface area contributed by atoms with E-state index in [0.717, 1.165) is 30.2 Å².